The van der Waals surface area contributed by atoms with E-state index in [9.17, 15) is 215 Å². The van der Waals surface area contributed by atoms with E-state index in [1.807, 2.05) is 0 Å². The molecule has 60 heteroatoms. The number of hydrogen-bond acceptors (Lipinski definition) is 20. The molecule has 2 aliphatic rings. The fraction of sp³-hybridized carbons (Fsp3) is 0.412. The van der Waals surface area contributed by atoms with Gasteiger partial charge in [-0.15, -0.1) is 0 Å². The minimum Gasteiger partial charge on any atom is -0.260 e. The molecule has 0 fully saturated rings. The number of nitrogens with zero attached hydrogens (tertiary/aromatic N) is 4. The van der Waals surface area contributed by atoms with Gasteiger partial charge in [0.25, 0.3) is 63.2 Å². The van der Waals surface area contributed by atoms with Crippen LogP contribution in [-0.4, -0.2) is 177 Å². The van der Waals surface area contributed by atoms with E-state index < -0.39 is 306 Å². The predicted octanol–water partition coefficient (Wildman–Crippen LogP) is 15.2. The van der Waals surface area contributed by atoms with E-state index in [1.54, 1.807) is 0 Å². The maximum absolute atomic E-state index is 14.6. The molecule has 24 nitrogen and oxygen atoms in total. The Morgan fingerprint density at radius 3 is 0.766 bits per heavy atom. The lowest BCUT2D eigenvalue weighted by Gasteiger charge is -2.31. The molecule has 0 unspecified atom stereocenters. The van der Waals surface area contributed by atoms with E-state index in [1.165, 1.54) is 0 Å². The van der Waals surface area contributed by atoms with Gasteiger partial charge in [0.1, 0.15) is 46.0 Å². The molecule has 0 heterocycles. The van der Waals surface area contributed by atoms with E-state index in [0.717, 1.165) is 0 Å². The number of rotatable bonds is 35. The minimum absolute atomic E-state index is 0.114. The van der Waals surface area contributed by atoms with Crippen LogP contribution in [0.1, 0.15) is 28.2 Å². The molecule has 0 saturated carbocycles. The lowest BCUT2D eigenvalue weighted by molar-refractivity contribution is -0.386. The molecule has 2 aliphatic carbocycles. The van der Waals surface area contributed by atoms with Gasteiger partial charge in [-0.3, -0.25) is 57.2 Å². The highest BCUT2D eigenvalue weighted by atomic mass is 32.2. The van der Waals surface area contributed by atoms with Crippen LogP contribution in [-0.2, 0) is 57.2 Å². The second-order valence-electron chi connectivity index (χ2n) is 22.1. The van der Waals surface area contributed by atoms with Crippen LogP contribution in [0, 0.1) is 40.5 Å². The Labute approximate surface area is 590 Å². The van der Waals surface area contributed by atoms with E-state index in [-0.39, 0.29) is 54.6 Å². The summed E-state index contributed by atoms with van der Waals surface area (Å²) in [6.07, 6.45) is -21.9. The summed E-state index contributed by atoms with van der Waals surface area (Å²) >= 11 is 0. The third-order valence-electron chi connectivity index (χ3n) is 15.1. The molecule has 4 aromatic rings. The monoisotopic (exact) mass is 1750 g/mol. The van der Waals surface area contributed by atoms with Gasteiger partial charge in [0, 0.05) is 30.2 Å². The van der Waals surface area contributed by atoms with Crippen molar-refractivity contribution >= 4 is 68.8 Å². The summed E-state index contributed by atoms with van der Waals surface area (Å²) in [6.45, 7) is -14.7. The second-order valence-corrected chi connectivity index (χ2v) is 28.5. The first kappa shape index (κ1) is 91.0. The molecule has 111 heavy (non-hydrogen) atoms. The van der Waals surface area contributed by atoms with Crippen molar-refractivity contribution in [1.29, 1.82) is 0 Å². The largest absolute Gasteiger partial charge is 0.380 e. The average molecular weight is 1750 g/mol. The number of nitro benzene ring substituents is 4. The van der Waals surface area contributed by atoms with Crippen LogP contribution < -0.4 is 0 Å². The number of fused-ring (bicyclic) bond motifs is 6. The Balaban J connectivity index is 1.68. The quantitative estimate of drug-likeness (QED) is 0.0119. The fourth-order valence-electron chi connectivity index (χ4n) is 9.44. The number of halogens is 32. The summed E-state index contributed by atoms with van der Waals surface area (Å²) in [5.74, 6) is -87.5. The molecule has 6 rings (SSSR count). The molecule has 0 amide bonds. The summed E-state index contributed by atoms with van der Waals surface area (Å²) in [7, 11) is -26.7. The van der Waals surface area contributed by atoms with Crippen molar-refractivity contribution in [1.82, 2.24) is 0 Å². The van der Waals surface area contributed by atoms with Gasteiger partial charge in [0.15, 0.2) is 0 Å². The maximum atomic E-state index is 14.6. The summed E-state index contributed by atoms with van der Waals surface area (Å²) in [6, 6.07) is -2.86. The smallest absolute Gasteiger partial charge is 0.260 e. The third-order valence-corrected chi connectivity index (χ3v) is 20.1. The van der Waals surface area contributed by atoms with Crippen molar-refractivity contribution in [2.45, 2.75) is 122 Å². The highest BCUT2D eigenvalue weighted by Gasteiger charge is 2.79. The topological polar surface area (TPSA) is 346 Å². The molecular weight excluding hydrogens is 1720 g/mol. The van der Waals surface area contributed by atoms with Gasteiger partial charge >= 0.3 is 96.8 Å². The van der Waals surface area contributed by atoms with Gasteiger partial charge in [0.2, 0.25) is 0 Å². The van der Waals surface area contributed by atoms with Crippen molar-refractivity contribution < 1.29 is 211 Å². The first-order valence-electron chi connectivity index (χ1n) is 27.3. The summed E-state index contributed by atoms with van der Waals surface area (Å²) in [4.78, 5) is 34.8. The highest BCUT2D eigenvalue weighted by Crippen LogP contribution is 2.59. The van der Waals surface area contributed by atoms with Gasteiger partial charge in [-0.05, 0) is 52.1 Å². The van der Waals surface area contributed by atoms with E-state index >= 15 is 0 Å². The number of alkyl halides is 32. The Morgan fingerprint density at radius 2 is 0.550 bits per heavy atom. The van der Waals surface area contributed by atoms with Crippen LogP contribution in [0.2, 0.25) is 0 Å². The zero-order valence-electron chi connectivity index (χ0n) is 51.4. The number of benzene rings is 4. The molecule has 0 spiro atoms. The molecule has 0 N–H and O–H groups in total. The highest BCUT2D eigenvalue weighted by molar-refractivity contribution is 7.87. The molecule has 0 aliphatic heterocycles. The third kappa shape index (κ3) is 15.7. The van der Waals surface area contributed by atoms with Gasteiger partial charge in [-0.25, -0.2) is 35.1 Å². The lowest BCUT2D eigenvalue weighted by Crippen LogP contribution is -2.59. The maximum Gasteiger partial charge on any atom is 0.380 e. The Hall–Kier alpha value is -8.90. The first-order chi connectivity index (χ1) is 49.7. The van der Waals surface area contributed by atoms with Crippen molar-refractivity contribution in [3.8, 4) is 22.3 Å². The van der Waals surface area contributed by atoms with Crippen LogP contribution in [0.3, 0.4) is 0 Å². The fourth-order valence-corrected chi connectivity index (χ4v) is 13.3. The van der Waals surface area contributed by atoms with Crippen molar-refractivity contribution in [2.75, 3.05) is 26.4 Å². The summed E-state index contributed by atoms with van der Waals surface area (Å²) in [5, 5.41) is 50.9. The van der Waals surface area contributed by atoms with E-state index in [0.29, 0.717) is 0 Å². The molecular formula is C51H26F32N4O20S4. The Morgan fingerprint density at radius 1 is 0.333 bits per heavy atom. The summed E-state index contributed by atoms with van der Waals surface area (Å²) < 4.78 is 565. The molecule has 4 aromatic carbocycles. The SMILES string of the molecule is O=[N+]([O-])c1cc(S(=O)(=O)OCC(F)(F)C(F)(F)C(F)(F)C(F)F)cc2c1-c1c(cc(S(=O)(=O)OCC(F)(F)C(F)(F)C(F)(F)C(F)F)cc1[N+](=O)[O-])C2=C/C=C\C=C/C1c2cc(S(=O)(=O)OCC(F)(F)C(F)(F)C(F)(F)C(F)F)cc([N+](=O)[O-])c2-c2c1cc(S(=O)(=O)OCC(F)(F)C(F)(F)C(F)(F)C(F)F)cc2[N+](=O)[O-]. The normalized spacial score (nSPS) is 15.2. The first-order valence-corrected chi connectivity index (χ1v) is 33.0. The van der Waals surface area contributed by atoms with Crippen LogP contribution in [0.25, 0.3) is 27.8 Å². The number of nitro groups is 4. The van der Waals surface area contributed by atoms with Gasteiger partial charge < -0.3 is 0 Å². The molecule has 618 valence electrons. The average Bonchev–Trinajstić information content (AvgIpc) is 1.76. The molecule has 0 radical (unpaired) electrons. The molecule has 0 bridgehead atoms. The van der Waals surface area contributed by atoms with Gasteiger partial charge in [0.05, 0.1) is 41.9 Å². The summed E-state index contributed by atoms with van der Waals surface area (Å²) in [5.41, 5.74) is -21.8. The van der Waals surface area contributed by atoms with E-state index in [2.05, 4.69) is 16.7 Å². The predicted molar refractivity (Wildman–Crippen MR) is 294 cm³/mol. The van der Waals surface area contributed by atoms with Crippen LogP contribution in [0.4, 0.5) is 163 Å². The zero-order chi connectivity index (χ0) is 85.9. The lowest BCUT2D eigenvalue weighted by atomic mass is 9.96. The minimum atomic E-state index is -7.33. The van der Waals surface area contributed by atoms with E-state index in [4.69, 9.17) is 0 Å². The number of allylic oxidation sites excluding steroid dienone is 5. The molecule has 0 aromatic heterocycles. The van der Waals surface area contributed by atoms with Gasteiger partial charge in [-0.2, -0.15) is 139 Å². The molecule has 0 atom stereocenters. The van der Waals surface area contributed by atoms with Crippen LogP contribution >= 0.6 is 0 Å². The van der Waals surface area contributed by atoms with Crippen LogP contribution in [0.15, 0.2) is 98.5 Å². The van der Waals surface area contributed by atoms with Crippen LogP contribution in [0.5, 0.6) is 0 Å². The second kappa shape index (κ2) is 29.3. The number of hydrogen-bond donors (Lipinski definition) is 0. The molecule has 0 saturated heterocycles. The zero-order valence-corrected chi connectivity index (χ0v) is 54.7. The van der Waals surface area contributed by atoms with Crippen molar-refractivity contribution in [3.05, 3.63) is 142 Å². The standard InChI is InChI=1S/C51H26F32N4O20S4/c52-36(53)44(68,69)48(76,77)40(60,61)14-104-108(96,97)18-6-24-22(25-7-19(11-29(85(90)91)33(25)32(24)28(10-18)84(88)89)109(98,99)105-15-41(62,63)49(78,79)45(70,71)37(54)55)4-2-1-3-5-23-26-8-20(110(100,101)106-16-42(64,65)50(80,81)46(72,73)38(56)57)12-30(86(92)93)34(26)35-27(23)9-21(13-31(35)87(94)95)111(102,103)107-17-43(66,67)51(82,83)47(74,75)39(58)59/h1-13,22,36-39H,14-17H2/b3-1-,4-2-. The van der Waals surface area contributed by atoms with Crippen molar-refractivity contribution in [3.63, 3.8) is 0 Å². The van der Waals surface area contributed by atoms with Gasteiger partial charge in [-0.1, -0.05) is 30.4 Å². The Kier molecular flexibility index (Phi) is 24.0. The Bertz CT molecular complexity index is 4730. The van der Waals surface area contributed by atoms with Crippen molar-refractivity contribution in [2.24, 2.45) is 0 Å².